The first-order valence-electron chi connectivity index (χ1n) is 10.6. The Hall–Kier alpha value is -3.36. The van der Waals surface area contributed by atoms with Gasteiger partial charge in [-0.3, -0.25) is 14.4 Å². The number of carbonyl (C=O) groups is 3. The molecular formula is C24H25F3N2O4. The van der Waals surface area contributed by atoms with Gasteiger partial charge in [-0.25, -0.2) is 0 Å². The van der Waals surface area contributed by atoms with Gasteiger partial charge in [0.05, 0.1) is 11.5 Å². The molecule has 3 rings (SSSR count). The maximum absolute atomic E-state index is 12.7. The highest BCUT2D eigenvalue weighted by atomic mass is 19.4. The second kappa shape index (κ2) is 10.5. The van der Waals surface area contributed by atoms with E-state index in [2.05, 4.69) is 5.32 Å². The third kappa shape index (κ3) is 6.57. The van der Waals surface area contributed by atoms with Crippen LogP contribution in [0.1, 0.15) is 41.3 Å². The van der Waals surface area contributed by atoms with Crippen LogP contribution in [0.3, 0.4) is 0 Å². The van der Waals surface area contributed by atoms with E-state index < -0.39 is 35.6 Å². The second-order valence-electron chi connectivity index (χ2n) is 7.92. The van der Waals surface area contributed by atoms with Gasteiger partial charge in [0.15, 0.2) is 6.10 Å². The van der Waals surface area contributed by atoms with Gasteiger partial charge in [0.1, 0.15) is 0 Å². The van der Waals surface area contributed by atoms with Crippen LogP contribution in [0.15, 0.2) is 54.6 Å². The number of carbonyl (C=O) groups excluding carboxylic acids is 3. The number of nitrogens with zero attached hydrogens (tertiary/aromatic N) is 1. The highest BCUT2D eigenvalue weighted by Crippen LogP contribution is 2.29. The first kappa shape index (κ1) is 24.3. The van der Waals surface area contributed by atoms with E-state index in [9.17, 15) is 27.6 Å². The van der Waals surface area contributed by atoms with Gasteiger partial charge >= 0.3 is 12.1 Å². The molecule has 176 valence electrons. The number of halogens is 3. The molecule has 0 spiro atoms. The first-order chi connectivity index (χ1) is 15.6. The number of hydrogen-bond acceptors (Lipinski definition) is 4. The molecule has 1 fully saturated rings. The van der Waals surface area contributed by atoms with Crippen LogP contribution in [0.25, 0.3) is 0 Å². The van der Waals surface area contributed by atoms with Crippen molar-refractivity contribution in [1.82, 2.24) is 10.2 Å². The molecule has 9 heteroatoms. The molecule has 6 nitrogen and oxygen atoms in total. The number of esters is 1. The van der Waals surface area contributed by atoms with Gasteiger partial charge in [-0.1, -0.05) is 30.3 Å². The van der Waals surface area contributed by atoms with Crippen molar-refractivity contribution in [2.45, 2.75) is 38.6 Å². The van der Waals surface area contributed by atoms with Gasteiger partial charge in [0.2, 0.25) is 0 Å². The lowest BCUT2D eigenvalue weighted by Gasteiger charge is -2.31. The minimum atomic E-state index is -4.46. The second-order valence-corrected chi connectivity index (χ2v) is 7.92. The average molecular weight is 462 g/mol. The van der Waals surface area contributed by atoms with E-state index in [4.69, 9.17) is 4.74 Å². The van der Waals surface area contributed by atoms with E-state index in [0.717, 1.165) is 29.8 Å². The van der Waals surface area contributed by atoms with Crippen LogP contribution in [0, 0.1) is 5.92 Å². The zero-order chi connectivity index (χ0) is 24.0. The molecule has 0 aromatic heterocycles. The molecule has 1 aliphatic rings. The van der Waals surface area contributed by atoms with Crippen LogP contribution in [-0.2, 0) is 27.0 Å². The molecule has 0 bridgehead atoms. The van der Waals surface area contributed by atoms with Crippen LogP contribution in [-0.4, -0.2) is 41.9 Å². The maximum atomic E-state index is 12.7. The number of alkyl halides is 3. The summed E-state index contributed by atoms with van der Waals surface area (Å²) in [5.74, 6) is -1.74. The van der Waals surface area contributed by atoms with Crippen molar-refractivity contribution in [1.29, 1.82) is 0 Å². The number of amides is 2. The summed E-state index contributed by atoms with van der Waals surface area (Å²) in [5, 5.41) is 2.72. The van der Waals surface area contributed by atoms with Crippen molar-refractivity contribution in [2.75, 3.05) is 13.1 Å². The Labute approximate surface area is 189 Å². The minimum Gasteiger partial charge on any atom is -0.452 e. The number of benzene rings is 2. The summed E-state index contributed by atoms with van der Waals surface area (Å²) in [5.41, 5.74) is 0.268. The molecule has 0 aliphatic carbocycles. The molecule has 1 N–H and O–H groups in total. The Morgan fingerprint density at radius 2 is 1.64 bits per heavy atom. The maximum Gasteiger partial charge on any atom is 0.416 e. The Morgan fingerprint density at radius 1 is 1.03 bits per heavy atom. The van der Waals surface area contributed by atoms with Crippen molar-refractivity contribution < 1.29 is 32.3 Å². The fourth-order valence-electron chi connectivity index (χ4n) is 3.56. The summed E-state index contributed by atoms with van der Waals surface area (Å²) >= 11 is 0. The van der Waals surface area contributed by atoms with E-state index in [-0.39, 0.29) is 24.6 Å². The van der Waals surface area contributed by atoms with Crippen LogP contribution in [0.4, 0.5) is 13.2 Å². The van der Waals surface area contributed by atoms with Crippen molar-refractivity contribution in [2.24, 2.45) is 5.92 Å². The Morgan fingerprint density at radius 3 is 2.21 bits per heavy atom. The Kier molecular flexibility index (Phi) is 7.73. The van der Waals surface area contributed by atoms with E-state index in [0.29, 0.717) is 19.4 Å². The van der Waals surface area contributed by atoms with Crippen molar-refractivity contribution in [3.63, 3.8) is 0 Å². The SMILES string of the molecule is CC(OC(=O)C1CCN(C(=O)c2ccc(C(F)(F)F)cc2)CC1)C(=O)NCc1ccccc1. The van der Waals surface area contributed by atoms with Crippen LogP contribution in [0.5, 0.6) is 0 Å². The minimum absolute atomic E-state index is 0.160. The molecule has 33 heavy (non-hydrogen) atoms. The van der Waals surface area contributed by atoms with E-state index in [1.54, 1.807) is 0 Å². The van der Waals surface area contributed by atoms with Crippen molar-refractivity contribution in [3.05, 3.63) is 71.3 Å². The fourth-order valence-corrected chi connectivity index (χ4v) is 3.56. The van der Waals surface area contributed by atoms with Gasteiger partial charge in [-0.2, -0.15) is 13.2 Å². The normalized spacial score (nSPS) is 15.6. The Balaban J connectivity index is 1.45. The quantitative estimate of drug-likeness (QED) is 0.663. The van der Waals surface area contributed by atoms with Gasteiger partial charge in [0, 0.05) is 25.2 Å². The highest BCUT2D eigenvalue weighted by Gasteiger charge is 2.32. The number of ether oxygens (including phenoxy) is 1. The number of rotatable bonds is 6. The third-order valence-corrected chi connectivity index (χ3v) is 5.55. The molecule has 1 saturated heterocycles. The zero-order valence-corrected chi connectivity index (χ0v) is 18.1. The summed E-state index contributed by atoms with van der Waals surface area (Å²) in [6.45, 7) is 2.37. The lowest BCUT2D eigenvalue weighted by atomic mass is 9.96. The molecule has 1 heterocycles. The predicted molar refractivity (Wildman–Crippen MR) is 114 cm³/mol. The van der Waals surface area contributed by atoms with E-state index in [1.807, 2.05) is 30.3 Å². The smallest absolute Gasteiger partial charge is 0.416 e. The Bertz CT molecular complexity index is 969. The summed E-state index contributed by atoms with van der Waals surface area (Å²) in [7, 11) is 0. The topological polar surface area (TPSA) is 75.7 Å². The van der Waals surface area contributed by atoms with Crippen molar-refractivity contribution >= 4 is 17.8 Å². The number of hydrogen-bond donors (Lipinski definition) is 1. The molecule has 1 unspecified atom stereocenters. The molecule has 2 aromatic rings. The summed E-state index contributed by atoms with van der Waals surface area (Å²) in [6.07, 6.45) is -4.71. The number of nitrogens with one attached hydrogen (secondary N) is 1. The molecule has 0 radical (unpaired) electrons. The van der Waals surface area contributed by atoms with Gasteiger partial charge in [0.25, 0.3) is 11.8 Å². The molecule has 2 amide bonds. The van der Waals surface area contributed by atoms with E-state index >= 15 is 0 Å². The molecule has 2 aromatic carbocycles. The zero-order valence-electron chi connectivity index (χ0n) is 18.1. The third-order valence-electron chi connectivity index (χ3n) is 5.55. The predicted octanol–water partition coefficient (Wildman–Crippen LogP) is 3.81. The van der Waals surface area contributed by atoms with Crippen LogP contribution in [0.2, 0.25) is 0 Å². The molecular weight excluding hydrogens is 437 g/mol. The lowest BCUT2D eigenvalue weighted by molar-refractivity contribution is -0.160. The number of piperidine rings is 1. The van der Waals surface area contributed by atoms with E-state index in [1.165, 1.54) is 11.8 Å². The highest BCUT2D eigenvalue weighted by molar-refractivity contribution is 5.94. The number of likely N-dealkylation sites (tertiary alicyclic amines) is 1. The van der Waals surface area contributed by atoms with Gasteiger partial charge in [-0.05, 0) is 49.6 Å². The molecule has 0 saturated carbocycles. The summed E-state index contributed by atoms with van der Waals surface area (Å²) < 4.78 is 43.4. The largest absolute Gasteiger partial charge is 0.452 e. The fraction of sp³-hybridized carbons (Fsp3) is 0.375. The van der Waals surface area contributed by atoms with Crippen molar-refractivity contribution in [3.8, 4) is 0 Å². The standard InChI is InChI=1S/C24H25F3N2O4/c1-16(21(30)28-15-17-5-3-2-4-6-17)33-23(32)19-11-13-29(14-12-19)22(31)18-7-9-20(10-8-18)24(25,26)27/h2-10,16,19H,11-15H2,1H3,(H,28,30). The first-order valence-corrected chi connectivity index (χ1v) is 10.6. The monoisotopic (exact) mass is 462 g/mol. The molecule has 1 atom stereocenters. The summed E-state index contributed by atoms with van der Waals surface area (Å²) in [6, 6.07) is 13.4. The van der Waals surface area contributed by atoms with Gasteiger partial charge in [-0.15, -0.1) is 0 Å². The average Bonchev–Trinajstić information content (AvgIpc) is 2.82. The van der Waals surface area contributed by atoms with Crippen LogP contribution >= 0.6 is 0 Å². The van der Waals surface area contributed by atoms with Crippen LogP contribution < -0.4 is 5.32 Å². The lowest BCUT2D eigenvalue weighted by Crippen LogP contribution is -2.42. The summed E-state index contributed by atoms with van der Waals surface area (Å²) in [4.78, 5) is 38.7. The molecule has 1 aliphatic heterocycles. The van der Waals surface area contributed by atoms with Gasteiger partial charge < -0.3 is 15.0 Å².